The van der Waals surface area contributed by atoms with E-state index >= 15 is 0 Å². The van der Waals surface area contributed by atoms with Gasteiger partial charge in [0.2, 0.25) is 5.91 Å². The van der Waals surface area contributed by atoms with Gasteiger partial charge in [-0.25, -0.2) is 4.98 Å². The van der Waals surface area contributed by atoms with Crippen LogP contribution in [-0.4, -0.2) is 33.6 Å². The lowest BCUT2D eigenvalue weighted by molar-refractivity contribution is -0.120. The molecule has 1 saturated carbocycles. The second-order valence-electron chi connectivity index (χ2n) is 6.05. The summed E-state index contributed by atoms with van der Waals surface area (Å²) in [7, 11) is 0. The number of nitrogens with one attached hydrogen (secondary N) is 1. The number of aliphatic hydroxyl groups excluding tert-OH is 1. The number of thiazole rings is 1. The van der Waals surface area contributed by atoms with Crippen LogP contribution in [0.1, 0.15) is 31.4 Å². The van der Waals surface area contributed by atoms with Gasteiger partial charge < -0.3 is 10.4 Å². The Morgan fingerprint density at radius 3 is 3.13 bits per heavy atom. The number of hydrogen-bond donors (Lipinski definition) is 2. The van der Waals surface area contributed by atoms with E-state index in [9.17, 15) is 9.90 Å². The molecule has 0 bridgehead atoms. The Kier molecular flexibility index (Phi) is 5.35. The zero-order valence-electron chi connectivity index (χ0n) is 12.9. The molecule has 0 aliphatic heterocycles. The van der Waals surface area contributed by atoms with Gasteiger partial charge in [-0.1, -0.05) is 6.42 Å². The van der Waals surface area contributed by atoms with Crippen LogP contribution in [0.2, 0.25) is 0 Å². The summed E-state index contributed by atoms with van der Waals surface area (Å²) in [6.45, 7) is 0.648. The molecule has 0 aromatic carbocycles. The van der Waals surface area contributed by atoms with Crippen molar-refractivity contribution in [3.8, 4) is 10.6 Å². The zero-order valence-corrected chi connectivity index (χ0v) is 13.8. The van der Waals surface area contributed by atoms with E-state index in [0.29, 0.717) is 18.9 Å². The standard InChI is InChI=1S/C17H21N3O2S/c21-15-5-1-3-12(7-15)9-19-16(22)8-14-11-23-17(20-14)13-4-2-6-18-10-13/h2,4,6,10-12,15,21H,1,3,5,7-9H2,(H,19,22). The van der Waals surface area contributed by atoms with E-state index in [1.165, 1.54) is 11.3 Å². The molecule has 2 heterocycles. The minimum Gasteiger partial charge on any atom is -0.393 e. The van der Waals surface area contributed by atoms with Crippen molar-refractivity contribution in [2.45, 2.75) is 38.2 Å². The Hall–Kier alpha value is -1.79. The molecule has 1 aliphatic carbocycles. The Labute approximate surface area is 139 Å². The molecule has 1 amide bonds. The number of carbonyl (C=O) groups excluding carboxylic acids is 1. The first-order valence-corrected chi connectivity index (χ1v) is 8.88. The van der Waals surface area contributed by atoms with Crippen LogP contribution >= 0.6 is 11.3 Å². The van der Waals surface area contributed by atoms with E-state index in [-0.39, 0.29) is 12.0 Å². The van der Waals surface area contributed by atoms with Gasteiger partial charge in [-0.05, 0) is 37.3 Å². The zero-order chi connectivity index (χ0) is 16.1. The summed E-state index contributed by atoms with van der Waals surface area (Å²) in [5.41, 5.74) is 1.76. The predicted molar refractivity (Wildman–Crippen MR) is 90.0 cm³/mol. The lowest BCUT2D eigenvalue weighted by Gasteiger charge is -2.25. The summed E-state index contributed by atoms with van der Waals surface area (Å²) < 4.78 is 0. The third kappa shape index (κ3) is 4.59. The molecule has 3 rings (SSSR count). The molecule has 2 atom stereocenters. The summed E-state index contributed by atoms with van der Waals surface area (Å²) >= 11 is 1.53. The normalized spacial score (nSPS) is 21.1. The van der Waals surface area contributed by atoms with Crippen molar-refractivity contribution in [1.82, 2.24) is 15.3 Å². The van der Waals surface area contributed by atoms with Gasteiger partial charge in [-0.2, -0.15) is 0 Å². The van der Waals surface area contributed by atoms with Gasteiger partial charge in [-0.3, -0.25) is 9.78 Å². The van der Waals surface area contributed by atoms with Crippen molar-refractivity contribution in [3.05, 3.63) is 35.6 Å². The topological polar surface area (TPSA) is 75.1 Å². The van der Waals surface area contributed by atoms with Gasteiger partial charge in [-0.15, -0.1) is 11.3 Å². The van der Waals surface area contributed by atoms with E-state index in [2.05, 4.69) is 15.3 Å². The average Bonchev–Trinajstić information content (AvgIpc) is 3.02. The number of aromatic nitrogens is 2. The highest BCUT2D eigenvalue weighted by Gasteiger charge is 2.20. The first-order chi connectivity index (χ1) is 11.2. The molecule has 2 unspecified atom stereocenters. The summed E-state index contributed by atoms with van der Waals surface area (Å²) in [6.07, 6.45) is 7.41. The fourth-order valence-electron chi connectivity index (χ4n) is 2.94. The van der Waals surface area contributed by atoms with Crippen molar-refractivity contribution < 1.29 is 9.90 Å². The second-order valence-corrected chi connectivity index (χ2v) is 6.91. The molecule has 1 fully saturated rings. The van der Waals surface area contributed by atoms with Gasteiger partial charge in [0.15, 0.2) is 0 Å². The Balaban J connectivity index is 1.49. The first kappa shape index (κ1) is 16.1. The minimum atomic E-state index is -0.203. The van der Waals surface area contributed by atoms with Crippen LogP contribution < -0.4 is 5.32 Å². The quantitative estimate of drug-likeness (QED) is 0.882. The number of rotatable bonds is 5. The summed E-state index contributed by atoms with van der Waals surface area (Å²) in [5, 5.41) is 15.4. The largest absolute Gasteiger partial charge is 0.393 e. The van der Waals surface area contributed by atoms with E-state index in [1.807, 2.05) is 17.5 Å². The highest BCUT2D eigenvalue weighted by Crippen LogP contribution is 2.24. The smallest absolute Gasteiger partial charge is 0.226 e. The maximum absolute atomic E-state index is 12.1. The molecule has 0 spiro atoms. The molecule has 2 N–H and O–H groups in total. The fourth-order valence-corrected chi connectivity index (χ4v) is 3.75. The number of aliphatic hydroxyl groups is 1. The van der Waals surface area contributed by atoms with Crippen LogP contribution in [-0.2, 0) is 11.2 Å². The number of nitrogens with zero attached hydrogens (tertiary/aromatic N) is 2. The molecule has 23 heavy (non-hydrogen) atoms. The highest BCUT2D eigenvalue weighted by atomic mass is 32.1. The summed E-state index contributed by atoms with van der Waals surface area (Å²) in [6, 6.07) is 3.84. The molecular weight excluding hydrogens is 310 g/mol. The van der Waals surface area contributed by atoms with Crippen molar-refractivity contribution >= 4 is 17.2 Å². The Morgan fingerprint density at radius 1 is 1.43 bits per heavy atom. The maximum Gasteiger partial charge on any atom is 0.226 e. The van der Waals surface area contributed by atoms with Crippen LogP contribution in [0.25, 0.3) is 10.6 Å². The van der Waals surface area contributed by atoms with Crippen molar-refractivity contribution in [2.24, 2.45) is 5.92 Å². The number of carbonyl (C=O) groups is 1. The lowest BCUT2D eigenvalue weighted by Crippen LogP contribution is -2.33. The third-order valence-electron chi connectivity index (χ3n) is 4.14. The molecule has 5 nitrogen and oxygen atoms in total. The van der Waals surface area contributed by atoms with E-state index in [1.54, 1.807) is 12.4 Å². The molecule has 0 radical (unpaired) electrons. The van der Waals surface area contributed by atoms with Gasteiger partial charge in [0, 0.05) is 29.9 Å². The lowest BCUT2D eigenvalue weighted by atomic mass is 9.87. The van der Waals surface area contributed by atoms with E-state index in [4.69, 9.17) is 0 Å². The highest BCUT2D eigenvalue weighted by molar-refractivity contribution is 7.13. The van der Waals surface area contributed by atoms with Crippen molar-refractivity contribution in [3.63, 3.8) is 0 Å². The van der Waals surface area contributed by atoms with Gasteiger partial charge in [0.05, 0.1) is 18.2 Å². The Morgan fingerprint density at radius 2 is 2.35 bits per heavy atom. The molecular formula is C17H21N3O2S. The molecule has 2 aromatic rings. The van der Waals surface area contributed by atoms with Gasteiger partial charge in [0.1, 0.15) is 5.01 Å². The molecule has 2 aromatic heterocycles. The number of pyridine rings is 1. The maximum atomic E-state index is 12.1. The monoisotopic (exact) mass is 331 g/mol. The second kappa shape index (κ2) is 7.66. The molecule has 1 aliphatic rings. The van der Waals surface area contributed by atoms with Crippen molar-refractivity contribution in [1.29, 1.82) is 0 Å². The SMILES string of the molecule is O=C(Cc1csc(-c2cccnc2)n1)NCC1CCCC(O)C1. The van der Waals surface area contributed by atoms with Crippen LogP contribution in [0.4, 0.5) is 0 Å². The van der Waals surface area contributed by atoms with Gasteiger partial charge in [0.25, 0.3) is 0 Å². The third-order valence-corrected chi connectivity index (χ3v) is 5.09. The molecule has 122 valence electrons. The van der Waals surface area contributed by atoms with Crippen LogP contribution in [0.15, 0.2) is 29.9 Å². The Bertz CT molecular complexity index is 644. The summed E-state index contributed by atoms with van der Waals surface area (Å²) in [5.74, 6) is 0.386. The van der Waals surface area contributed by atoms with Crippen LogP contribution in [0.3, 0.4) is 0 Å². The fraction of sp³-hybridized carbons (Fsp3) is 0.471. The average molecular weight is 331 g/mol. The first-order valence-electron chi connectivity index (χ1n) is 8.00. The predicted octanol–water partition coefficient (Wildman–Crippen LogP) is 2.41. The van der Waals surface area contributed by atoms with E-state index < -0.39 is 0 Å². The molecule has 0 saturated heterocycles. The van der Waals surface area contributed by atoms with Gasteiger partial charge >= 0.3 is 0 Å². The van der Waals surface area contributed by atoms with E-state index in [0.717, 1.165) is 41.9 Å². The van der Waals surface area contributed by atoms with Crippen LogP contribution in [0.5, 0.6) is 0 Å². The van der Waals surface area contributed by atoms with Crippen LogP contribution in [0, 0.1) is 5.92 Å². The summed E-state index contributed by atoms with van der Waals surface area (Å²) in [4.78, 5) is 20.7. The molecule has 6 heteroatoms. The number of hydrogen-bond acceptors (Lipinski definition) is 5. The van der Waals surface area contributed by atoms with Crippen molar-refractivity contribution in [2.75, 3.05) is 6.54 Å². The number of amides is 1. The minimum absolute atomic E-state index is 0.00639.